The zero-order chi connectivity index (χ0) is 44.8. The van der Waals surface area contributed by atoms with Crippen molar-refractivity contribution in [2.24, 2.45) is 0 Å². The zero-order valence-corrected chi connectivity index (χ0v) is 40.7. The minimum Gasteiger partial charge on any atom is -0.462 e. The summed E-state index contributed by atoms with van der Waals surface area (Å²) in [6, 6.07) is 0. The van der Waals surface area contributed by atoms with Gasteiger partial charge in [0.05, 0.1) is 13.2 Å². The fourth-order valence-corrected chi connectivity index (χ4v) is 7.54. The van der Waals surface area contributed by atoms with Gasteiger partial charge in [-0.3, -0.25) is 18.6 Å². The minimum atomic E-state index is -4.38. The molecule has 61 heavy (non-hydrogen) atoms. The first kappa shape index (κ1) is 59.0. The van der Waals surface area contributed by atoms with E-state index in [-0.39, 0.29) is 32.0 Å². The van der Waals surface area contributed by atoms with Gasteiger partial charge in [-0.1, -0.05) is 204 Å². The number of carbonyl (C=O) groups is 2. The van der Waals surface area contributed by atoms with Gasteiger partial charge in [0.1, 0.15) is 6.61 Å². The number of likely N-dealkylation sites (N-methyl/N-ethyl adjacent to an activating group) is 1. The molecular formula is C51H94NO8P. The third kappa shape index (κ3) is 47.3. The number of allylic oxidation sites excluding steroid dienone is 8. The van der Waals surface area contributed by atoms with Crippen molar-refractivity contribution in [2.45, 2.75) is 225 Å². The Kier molecular flexibility index (Phi) is 44.4. The van der Waals surface area contributed by atoms with Crippen LogP contribution in [-0.2, 0) is 32.7 Å². The Labute approximate surface area is 375 Å². The van der Waals surface area contributed by atoms with Crippen molar-refractivity contribution in [2.75, 3.05) is 40.5 Å². The van der Waals surface area contributed by atoms with Crippen LogP contribution in [0.15, 0.2) is 48.6 Å². The molecule has 0 bridgehead atoms. The van der Waals surface area contributed by atoms with Crippen LogP contribution in [0.2, 0.25) is 0 Å². The van der Waals surface area contributed by atoms with Crippen LogP contribution in [0.5, 0.6) is 0 Å². The molecule has 10 heteroatoms. The second kappa shape index (κ2) is 46.0. The average Bonchev–Trinajstić information content (AvgIpc) is 3.23. The molecule has 0 heterocycles. The van der Waals surface area contributed by atoms with E-state index in [1.807, 2.05) is 25.1 Å². The summed E-state index contributed by atoms with van der Waals surface area (Å²) in [5, 5.41) is 0. The number of unbranched alkanes of at least 4 members (excludes halogenated alkanes) is 24. The highest BCUT2D eigenvalue weighted by Gasteiger charge is 2.26. The summed E-state index contributed by atoms with van der Waals surface area (Å²) >= 11 is 0. The third-order valence-corrected chi connectivity index (χ3v) is 11.6. The lowest BCUT2D eigenvalue weighted by Crippen LogP contribution is -2.29. The Bertz CT molecular complexity index is 1150. The molecule has 0 spiro atoms. The molecule has 0 saturated heterocycles. The van der Waals surface area contributed by atoms with Crippen molar-refractivity contribution in [1.29, 1.82) is 0 Å². The van der Waals surface area contributed by atoms with Gasteiger partial charge in [-0.05, 0) is 65.5 Å². The van der Waals surface area contributed by atoms with Crippen LogP contribution < -0.4 is 0 Å². The van der Waals surface area contributed by atoms with Crippen LogP contribution in [0.3, 0.4) is 0 Å². The number of phosphoric acid groups is 1. The second-order valence-corrected chi connectivity index (χ2v) is 18.5. The average molecular weight is 880 g/mol. The number of hydrogen-bond donors (Lipinski definition) is 1. The van der Waals surface area contributed by atoms with E-state index in [1.165, 1.54) is 141 Å². The molecule has 0 aliphatic carbocycles. The molecule has 0 aliphatic heterocycles. The first-order chi connectivity index (χ1) is 29.7. The summed E-state index contributed by atoms with van der Waals surface area (Å²) in [6.07, 6.45) is 53.2. The van der Waals surface area contributed by atoms with Crippen molar-refractivity contribution < 1.29 is 37.6 Å². The fraction of sp³-hybridized carbons (Fsp3) is 0.804. The quantitative estimate of drug-likeness (QED) is 0.0276. The standard InChI is InChI=1S/C51H94NO8P/c1-5-7-9-11-13-15-17-19-21-23-24-25-26-28-29-31-33-35-37-39-41-43-50(53)57-47-49(48-59-61(55,56)58-46-45-52(3)4)60-51(54)44-42-40-38-36-34-32-30-27-22-20-18-16-14-12-10-8-6-2/h14,16,20,22,30,32,36,38,49H,5-13,15,17-19,21,23-29,31,33-35,37,39-48H2,1-4H3,(H,55,56)/b16-14-,22-20-,32-30-,38-36-. The molecule has 0 aromatic carbocycles. The zero-order valence-electron chi connectivity index (χ0n) is 39.9. The SMILES string of the molecule is CCCCC/C=C\C/C=C\C/C=C\C/C=C\CCCC(=O)OC(COC(=O)CCCCCCCCCCCCCCCCCCCCCCC)COP(=O)(O)OCCN(C)C. The Hall–Kier alpha value is -2.03. The summed E-state index contributed by atoms with van der Waals surface area (Å²) in [5.41, 5.74) is 0. The van der Waals surface area contributed by atoms with E-state index in [1.54, 1.807) is 0 Å². The molecule has 2 atom stereocenters. The summed E-state index contributed by atoms with van der Waals surface area (Å²) in [4.78, 5) is 37.1. The van der Waals surface area contributed by atoms with Crippen molar-refractivity contribution in [3.05, 3.63) is 48.6 Å². The fourth-order valence-electron chi connectivity index (χ4n) is 6.80. The largest absolute Gasteiger partial charge is 0.472 e. The van der Waals surface area contributed by atoms with Crippen LogP contribution in [0.25, 0.3) is 0 Å². The molecule has 0 aliphatic rings. The monoisotopic (exact) mass is 880 g/mol. The van der Waals surface area contributed by atoms with Crippen LogP contribution in [0.4, 0.5) is 0 Å². The molecule has 356 valence electrons. The Morgan fingerprint density at radius 1 is 0.508 bits per heavy atom. The molecule has 1 N–H and O–H groups in total. The van der Waals surface area contributed by atoms with E-state index in [9.17, 15) is 19.0 Å². The normalized spacial score (nSPS) is 13.7. The van der Waals surface area contributed by atoms with Gasteiger partial charge in [-0.2, -0.15) is 0 Å². The maximum atomic E-state index is 12.7. The van der Waals surface area contributed by atoms with Crippen molar-refractivity contribution in [3.8, 4) is 0 Å². The van der Waals surface area contributed by atoms with Gasteiger partial charge < -0.3 is 19.3 Å². The highest BCUT2D eigenvalue weighted by Crippen LogP contribution is 2.43. The number of esters is 2. The number of carbonyl (C=O) groups excluding carboxylic acids is 2. The summed E-state index contributed by atoms with van der Waals surface area (Å²) < 4.78 is 33.5. The number of rotatable bonds is 46. The van der Waals surface area contributed by atoms with E-state index in [0.29, 0.717) is 19.4 Å². The van der Waals surface area contributed by atoms with Crippen molar-refractivity contribution >= 4 is 19.8 Å². The van der Waals surface area contributed by atoms with E-state index in [2.05, 4.69) is 56.4 Å². The molecule has 0 saturated carbocycles. The van der Waals surface area contributed by atoms with Gasteiger partial charge >= 0.3 is 19.8 Å². The lowest BCUT2D eigenvalue weighted by atomic mass is 10.0. The van der Waals surface area contributed by atoms with Gasteiger partial charge in [0.25, 0.3) is 0 Å². The van der Waals surface area contributed by atoms with E-state index < -0.39 is 26.5 Å². The number of hydrogen-bond acceptors (Lipinski definition) is 8. The van der Waals surface area contributed by atoms with Gasteiger partial charge in [0, 0.05) is 19.4 Å². The van der Waals surface area contributed by atoms with E-state index >= 15 is 0 Å². The van der Waals surface area contributed by atoms with Crippen LogP contribution in [-0.4, -0.2) is 68.3 Å². The van der Waals surface area contributed by atoms with E-state index in [0.717, 1.165) is 38.5 Å². The Balaban J connectivity index is 4.24. The highest BCUT2D eigenvalue weighted by molar-refractivity contribution is 7.47. The molecule has 0 fully saturated rings. The topological polar surface area (TPSA) is 112 Å². The molecule has 0 rings (SSSR count). The molecule has 9 nitrogen and oxygen atoms in total. The number of phosphoric ester groups is 1. The maximum Gasteiger partial charge on any atom is 0.472 e. The van der Waals surface area contributed by atoms with Gasteiger partial charge in [-0.15, -0.1) is 0 Å². The molecule has 0 amide bonds. The van der Waals surface area contributed by atoms with Crippen molar-refractivity contribution in [1.82, 2.24) is 4.90 Å². The molecular weight excluding hydrogens is 786 g/mol. The minimum absolute atomic E-state index is 0.00277. The number of nitrogens with zero attached hydrogens (tertiary/aromatic N) is 1. The molecule has 0 aromatic heterocycles. The predicted molar refractivity (Wildman–Crippen MR) is 257 cm³/mol. The number of ether oxygens (including phenoxy) is 2. The summed E-state index contributed by atoms with van der Waals surface area (Å²) in [6.45, 7) is 4.26. The van der Waals surface area contributed by atoms with Gasteiger partial charge in [-0.25, -0.2) is 4.57 Å². The maximum absolute atomic E-state index is 12.7. The van der Waals surface area contributed by atoms with Crippen LogP contribution in [0, 0.1) is 0 Å². The third-order valence-electron chi connectivity index (χ3n) is 10.6. The molecule has 2 unspecified atom stereocenters. The van der Waals surface area contributed by atoms with Crippen LogP contribution >= 0.6 is 7.82 Å². The van der Waals surface area contributed by atoms with Crippen LogP contribution in [0.1, 0.15) is 219 Å². The Morgan fingerprint density at radius 2 is 0.902 bits per heavy atom. The highest BCUT2D eigenvalue weighted by atomic mass is 31.2. The lowest BCUT2D eigenvalue weighted by Gasteiger charge is -2.20. The first-order valence-electron chi connectivity index (χ1n) is 24.9. The second-order valence-electron chi connectivity index (χ2n) is 17.0. The lowest BCUT2D eigenvalue weighted by molar-refractivity contribution is -0.161. The Morgan fingerprint density at radius 3 is 1.36 bits per heavy atom. The van der Waals surface area contributed by atoms with Gasteiger partial charge in [0.15, 0.2) is 6.10 Å². The summed E-state index contributed by atoms with van der Waals surface area (Å²) in [5.74, 6) is -0.861. The first-order valence-corrected chi connectivity index (χ1v) is 26.4. The predicted octanol–water partition coefficient (Wildman–Crippen LogP) is 14.9. The van der Waals surface area contributed by atoms with Gasteiger partial charge in [0.2, 0.25) is 0 Å². The molecule has 0 aromatic rings. The van der Waals surface area contributed by atoms with E-state index in [4.69, 9.17) is 18.5 Å². The molecule has 0 radical (unpaired) electrons. The smallest absolute Gasteiger partial charge is 0.462 e. The van der Waals surface area contributed by atoms with Crippen molar-refractivity contribution in [3.63, 3.8) is 0 Å². The summed E-state index contributed by atoms with van der Waals surface area (Å²) in [7, 11) is -0.738.